The molecule has 0 amide bonds. The summed E-state index contributed by atoms with van der Waals surface area (Å²) in [5.41, 5.74) is 9.68. The van der Waals surface area contributed by atoms with Gasteiger partial charge in [-0.25, -0.2) is 9.50 Å². The maximum absolute atomic E-state index is 6.11. The second kappa shape index (κ2) is 7.19. The molecule has 3 aromatic rings. The zero-order valence-electron chi connectivity index (χ0n) is 14.4. The molecule has 0 atom stereocenters. The average Bonchev–Trinajstić information content (AvgIpc) is 2.98. The molecule has 0 aliphatic carbocycles. The number of hydrogen-bond donors (Lipinski definition) is 1. The van der Waals surface area contributed by atoms with E-state index in [4.69, 9.17) is 5.73 Å². The molecule has 1 aliphatic rings. The number of piperidine rings is 1. The van der Waals surface area contributed by atoms with Crippen LogP contribution >= 0.6 is 0 Å². The highest BCUT2D eigenvalue weighted by molar-refractivity contribution is 5.84. The normalized spacial score (nSPS) is 15.7. The summed E-state index contributed by atoms with van der Waals surface area (Å²) in [7, 11) is 0. The molecule has 25 heavy (non-hydrogen) atoms. The molecule has 1 fully saturated rings. The van der Waals surface area contributed by atoms with Gasteiger partial charge in [0.1, 0.15) is 0 Å². The summed E-state index contributed by atoms with van der Waals surface area (Å²) in [5, 5.41) is 4.43. The van der Waals surface area contributed by atoms with E-state index in [0.29, 0.717) is 5.82 Å². The van der Waals surface area contributed by atoms with Crippen LogP contribution in [-0.2, 0) is 6.42 Å². The van der Waals surface area contributed by atoms with Crippen molar-refractivity contribution in [1.29, 1.82) is 0 Å². The van der Waals surface area contributed by atoms with Crippen LogP contribution in [0.15, 0.2) is 36.8 Å². The Bertz CT molecular complexity index is 836. The fraction of sp³-hybridized carbons (Fsp3) is 0.421. The summed E-state index contributed by atoms with van der Waals surface area (Å²) in [6.45, 7) is 3.67. The van der Waals surface area contributed by atoms with Crippen LogP contribution in [0.5, 0.6) is 0 Å². The number of aryl methyl sites for hydroxylation is 1. The molecule has 0 aromatic carbocycles. The monoisotopic (exact) mass is 336 g/mol. The molecule has 0 bridgehead atoms. The van der Waals surface area contributed by atoms with Crippen molar-refractivity contribution in [1.82, 2.24) is 24.5 Å². The van der Waals surface area contributed by atoms with E-state index in [-0.39, 0.29) is 0 Å². The first kappa shape index (κ1) is 16.0. The van der Waals surface area contributed by atoms with Crippen molar-refractivity contribution in [2.45, 2.75) is 32.1 Å². The van der Waals surface area contributed by atoms with E-state index in [0.717, 1.165) is 29.7 Å². The number of nitrogen functional groups attached to an aromatic ring is 1. The molecular formula is C19H24N6. The summed E-state index contributed by atoms with van der Waals surface area (Å²) >= 11 is 0. The molecule has 4 heterocycles. The SMILES string of the molecule is Nc1nn2cc(CCCN3CCCCC3)cnc2c1-c1ccccn1. The highest BCUT2D eigenvalue weighted by Crippen LogP contribution is 2.27. The number of nitrogens with zero attached hydrogens (tertiary/aromatic N) is 5. The van der Waals surface area contributed by atoms with Gasteiger partial charge in [0.25, 0.3) is 0 Å². The predicted octanol–water partition coefficient (Wildman–Crippen LogP) is 2.79. The van der Waals surface area contributed by atoms with Gasteiger partial charge < -0.3 is 10.6 Å². The van der Waals surface area contributed by atoms with Crippen molar-refractivity contribution in [3.8, 4) is 11.3 Å². The van der Waals surface area contributed by atoms with E-state index >= 15 is 0 Å². The summed E-state index contributed by atoms with van der Waals surface area (Å²) in [6.07, 6.45) is 12.0. The first-order valence-corrected chi connectivity index (χ1v) is 9.08. The van der Waals surface area contributed by atoms with Gasteiger partial charge in [-0.2, -0.15) is 0 Å². The number of rotatable bonds is 5. The summed E-state index contributed by atoms with van der Waals surface area (Å²) in [4.78, 5) is 11.6. The highest BCUT2D eigenvalue weighted by Gasteiger charge is 2.15. The van der Waals surface area contributed by atoms with E-state index in [2.05, 4.69) is 20.0 Å². The Morgan fingerprint density at radius 1 is 1.08 bits per heavy atom. The van der Waals surface area contributed by atoms with Crippen LogP contribution in [0.3, 0.4) is 0 Å². The summed E-state index contributed by atoms with van der Waals surface area (Å²) < 4.78 is 1.79. The largest absolute Gasteiger partial charge is 0.382 e. The molecule has 0 unspecified atom stereocenters. The highest BCUT2D eigenvalue weighted by atomic mass is 15.3. The number of fused-ring (bicyclic) bond motifs is 1. The van der Waals surface area contributed by atoms with E-state index in [1.807, 2.05) is 30.6 Å². The number of anilines is 1. The van der Waals surface area contributed by atoms with Gasteiger partial charge in [-0.3, -0.25) is 4.98 Å². The maximum Gasteiger partial charge on any atom is 0.166 e. The van der Waals surface area contributed by atoms with Crippen LogP contribution in [0.25, 0.3) is 16.9 Å². The minimum absolute atomic E-state index is 0.469. The second-order valence-corrected chi connectivity index (χ2v) is 6.71. The van der Waals surface area contributed by atoms with Crippen molar-refractivity contribution in [3.63, 3.8) is 0 Å². The molecule has 4 rings (SSSR count). The fourth-order valence-electron chi connectivity index (χ4n) is 3.57. The lowest BCUT2D eigenvalue weighted by atomic mass is 10.1. The Morgan fingerprint density at radius 2 is 1.96 bits per heavy atom. The van der Waals surface area contributed by atoms with Crippen LogP contribution in [0, 0.1) is 0 Å². The Kier molecular flexibility index (Phi) is 4.61. The number of likely N-dealkylation sites (tertiary alicyclic amines) is 1. The third-order valence-corrected chi connectivity index (χ3v) is 4.86. The lowest BCUT2D eigenvalue weighted by Gasteiger charge is -2.26. The van der Waals surface area contributed by atoms with Gasteiger partial charge in [0.05, 0.1) is 11.3 Å². The van der Waals surface area contributed by atoms with Gasteiger partial charge in [0.15, 0.2) is 11.5 Å². The van der Waals surface area contributed by atoms with Gasteiger partial charge in [-0.1, -0.05) is 12.5 Å². The van der Waals surface area contributed by atoms with Gasteiger partial charge >= 0.3 is 0 Å². The predicted molar refractivity (Wildman–Crippen MR) is 99.2 cm³/mol. The van der Waals surface area contributed by atoms with Crippen LogP contribution in [0.4, 0.5) is 5.82 Å². The van der Waals surface area contributed by atoms with Crippen molar-refractivity contribution < 1.29 is 0 Å². The average molecular weight is 336 g/mol. The first-order chi connectivity index (χ1) is 12.3. The smallest absolute Gasteiger partial charge is 0.166 e. The zero-order chi connectivity index (χ0) is 17.1. The molecule has 6 heteroatoms. The maximum atomic E-state index is 6.11. The molecule has 2 N–H and O–H groups in total. The van der Waals surface area contributed by atoms with Gasteiger partial charge in [-0.05, 0) is 63.0 Å². The van der Waals surface area contributed by atoms with E-state index < -0.39 is 0 Å². The van der Waals surface area contributed by atoms with E-state index in [9.17, 15) is 0 Å². The van der Waals surface area contributed by atoms with Gasteiger partial charge in [0.2, 0.25) is 0 Å². The molecule has 0 radical (unpaired) electrons. The molecule has 1 aliphatic heterocycles. The van der Waals surface area contributed by atoms with Crippen LogP contribution in [-0.4, -0.2) is 44.1 Å². The third kappa shape index (κ3) is 3.49. The summed E-state index contributed by atoms with van der Waals surface area (Å²) in [6, 6.07) is 5.76. The van der Waals surface area contributed by atoms with Crippen molar-refractivity contribution in [3.05, 3.63) is 42.4 Å². The number of nitrogens with two attached hydrogens (primary N) is 1. The Labute approximate surface area is 147 Å². The van der Waals surface area contributed by atoms with Gasteiger partial charge in [0, 0.05) is 18.6 Å². The van der Waals surface area contributed by atoms with Crippen LogP contribution in [0.1, 0.15) is 31.2 Å². The lowest BCUT2D eigenvalue weighted by molar-refractivity contribution is 0.226. The van der Waals surface area contributed by atoms with Crippen molar-refractivity contribution in [2.75, 3.05) is 25.4 Å². The van der Waals surface area contributed by atoms with E-state index in [1.54, 1.807) is 10.7 Å². The number of hydrogen-bond acceptors (Lipinski definition) is 5. The lowest BCUT2D eigenvalue weighted by Crippen LogP contribution is -2.30. The molecule has 6 nitrogen and oxygen atoms in total. The number of aromatic nitrogens is 4. The van der Waals surface area contributed by atoms with Crippen LogP contribution in [0.2, 0.25) is 0 Å². The Hall–Kier alpha value is -2.47. The molecule has 130 valence electrons. The third-order valence-electron chi connectivity index (χ3n) is 4.86. The molecule has 1 saturated heterocycles. The molecule has 3 aromatic heterocycles. The fourth-order valence-corrected chi connectivity index (χ4v) is 3.57. The minimum Gasteiger partial charge on any atom is -0.382 e. The zero-order valence-corrected chi connectivity index (χ0v) is 14.4. The topological polar surface area (TPSA) is 72.3 Å². The van der Waals surface area contributed by atoms with Crippen molar-refractivity contribution in [2.24, 2.45) is 0 Å². The Balaban J connectivity index is 1.49. The quantitative estimate of drug-likeness (QED) is 0.775. The van der Waals surface area contributed by atoms with Crippen LogP contribution < -0.4 is 5.73 Å². The second-order valence-electron chi connectivity index (χ2n) is 6.71. The van der Waals surface area contributed by atoms with Gasteiger partial charge in [-0.15, -0.1) is 5.10 Å². The first-order valence-electron chi connectivity index (χ1n) is 9.08. The van der Waals surface area contributed by atoms with E-state index in [1.165, 1.54) is 44.5 Å². The molecule has 0 spiro atoms. The standard InChI is InChI=1S/C19H24N6/c20-18-17(16-8-2-3-9-21-16)19-22-13-15(14-25(19)23-18)7-6-12-24-10-4-1-5-11-24/h2-3,8-9,13-14H,1,4-7,10-12H2,(H2,20,23). The Morgan fingerprint density at radius 3 is 2.76 bits per heavy atom. The minimum atomic E-state index is 0.469. The molecule has 0 saturated carbocycles. The number of pyridine rings is 1. The molecular weight excluding hydrogens is 312 g/mol. The summed E-state index contributed by atoms with van der Waals surface area (Å²) in [5.74, 6) is 0.469. The van der Waals surface area contributed by atoms with Crippen molar-refractivity contribution >= 4 is 11.5 Å².